The summed E-state index contributed by atoms with van der Waals surface area (Å²) in [6, 6.07) is 5.93. The van der Waals surface area contributed by atoms with Crippen molar-refractivity contribution in [2.75, 3.05) is 24.5 Å². The van der Waals surface area contributed by atoms with E-state index in [9.17, 15) is 9.28 Å². The van der Waals surface area contributed by atoms with E-state index in [0.29, 0.717) is 17.1 Å². The van der Waals surface area contributed by atoms with E-state index in [1.807, 2.05) is 19.2 Å². The molecular weight excluding hydrogens is 479 g/mol. The summed E-state index contributed by atoms with van der Waals surface area (Å²) < 4.78 is 25.8. The van der Waals surface area contributed by atoms with Crippen LogP contribution >= 0.6 is 28.4 Å². The first-order valence-electron chi connectivity index (χ1n) is 10.6. The molecule has 176 valence electrons. The fourth-order valence-corrected chi connectivity index (χ4v) is 6.15. The van der Waals surface area contributed by atoms with Gasteiger partial charge in [-0.25, -0.2) is 9.37 Å². The van der Waals surface area contributed by atoms with Gasteiger partial charge in [-0.1, -0.05) is 18.9 Å². The van der Waals surface area contributed by atoms with Gasteiger partial charge in [0.25, 0.3) is 0 Å². The van der Waals surface area contributed by atoms with E-state index in [4.69, 9.17) is 30.6 Å². The Morgan fingerprint density at radius 3 is 2.72 bits per heavy atom. The van der Waals surface area contributed by atoms with Gasteiger partial charge < -0.3 is 28.8 Å². The summed E-state index contributed by atoms with van der Waals surface area (Å²) in [5, 5.41) is 1.00. The van der Waals surface area contributed by atoms with Crippen molar-refractivity contribution in [3.8, 4) is 0 Å². The van der Waals surface area contributed by atoms with E-state index in [-0.39, 0.29) is 24.2 Å². The van der Waals surface area contributed by atoms with Gasteiger partial charge in [0.1, 0.15) is 18.1 Å². The van der Waals surface area contributed by atoms with E-state index in [1.54, 1.807) is 6.07 Å². The molecular formula is C20H27ClFN3O5P2. The molecule has 4 unspecified atom stereocenters. The van der Waals surface area contributed by atoms with Gasteiger partial charge >= 0.3 is 0 Å². The lowest BCUT2D eigenvalue weighted by atomic mass is 10.0. The molecule has 2 aliphatic rings. The molecule has 4 rings (SSSR count). The van der Waals surface area contributed by atoms with Crippen molar-refractivity contribution in [2.24, 2.45) is 0 Å². The Bertz CT molecular complexity index is 939. The fourth-order valence-electron chi connectivity index (χ4n) is 4.45. The Labute approximate surface area is 193 Å². The Balaban J connectivity index is 1.50. The van der Waals surface area contributed by atoms with E-state index < -0.39 is 35.1 Å². The maximum atomic E-state index is 14.8. The lowest BCUT2D eigenvalue weighted by molar-refractivity contribution is 0.00646. The third-order valence-electron chi connectivity index (χ3n) is 6.02. The van der Waals surface area contributed by atoms with Crippen LogP contribution in [0.3, 0.4) is 0 Å². The predicted octanol–water partition coefficient (Wildman–Crippen LogP) is 4.40. The molecule has 0 spiro atoms. The summed E-state index contributed by atoms with van der Waals surface area (Å²) in [7, 11) is -2.18. The third-order valence-corrected chi connectivity index (χ3v) is 8.62. The molecule has 1 saturated heterocycles. The Kier molecular flexibility index (Phi) is 8.12. The van der Waals surface area contributed by atoms with Gasteiger partial charge in [-0.2, -0.15) is 4.98 Å². The third kappa shape index (κ3) is 5.65. The number of benzene rings is 1. The molecule has 0 radical (unpaired) electrons. The number of ether oxygens (including phenoxy) is 1. The molecule has 1 aliphatic heterocycles. The second-order valence-corrected chi connectivity index (χ2v) is 11.4. The minimum Gasteiger partial charge on any atom is -0.365 e. The van der Waals surface area contributed by atoms with Crippen LogP contribution in [0, 0.1) is 0 Å². The quantitative estimate of drug-likeness (QED) is 0.358. The van der Waals surface area contributed by atoms with Crippen molar-refractivity contribution in [1.29, 1.82) is 0 Å². The lowest BCUT2D eigenvalue weighted by Gasteiger charge is -2.26. The molecule has 1 aromatic carbocycles. The molecule has 0 amide bonds. The van der Waals surface area contributed by atoms with E-state index in [1.165, 1.54) is 12.8 Å². The number of rotatable bonds is 8. The highest BCUT2D eigenvalue weighted by molar-refractivity contribution is 7.63. The second-order valence-electron chi connectivity index (χ2n) is 8.23. The summed E-state index contributed by atoms with van der Waals surface area (Å²) >= 11 is 6.22. The van der Waals surface area contributed by atoms with Crippen molar-refractivity contribution < 1.29 is 28.3 Å². The van der Waals surface area contributed by atoms with Crippen LogP contribution in [0.25, 0.3) is 10.9 Å². The van der Waals surface area contributed by atoms with Crippen LogP contribution in [-0.4, -0.2) is 62.5 Å². The van der Waals surface area contributed by atoms with Gasteiger partial charge in [-0.15, -0.1) is 0 Å². The summed E-state index contributed by atoms with van der Waals surface area (Å²) in [5.41, 5.74) is 1.29. The van der Waals surface area contributed by atoms with Crippen LogP contribution in [0.15, 0.2) is 18.2 Å². The number of alkyl halides is 1. The highest BCUT2D eigenvalue weighted by Crippen LogP contribution is 2.45. The van der Waals surface area contributed by atoms with Crippen molar-refractivity contribution in [3.05, 3.63) is 29.0 Å². The molecule has 0 bridgehead atoms. The summed E-state index contributed by atoms with van der Waals surface area (Å²) in [6.07, 6.45) is 2.22. The van der Waals surface area contributed by atoms with Crippen LogP contribution in [0.2, 0.25) is 5.28 Å². The molecule has 2 heterocycles. The van der Waals surface area contributed by atoms with Crippen LogP contribution in [0.1, 0.15) is 43.8 Å². The largest absolute Gasteiger partial charge is 0.365 e. The average Bonchev–Trinajstić information content (AvgIpc) is 3.40. The molecule has 3 N–H and O–H groups in total. The van der Waals surface area contributed by atoms with Gasteiger partial charge in [0.2, 0.25) is 5.28 Å². The molecule has 12 heteroatoms. The monoisotopic (exact) mass is 505 g/mol. The Morgan fingerprint density at radius 2 is 2.00 bits per heavy atom. The molecule has 2 aromatic rings. The van der Waals surface area contributed by atoms with E-state index in [2.05, 4.69) is 14.9 Å². The summed E-state index contributed by atoms with van der Waals surface area (Å²) in [4.78, 5) is 38.6. The summed E-state index contributed by atoms with van der Waals surface area (Å²) in [5.74, 6) is 0.556. The highest BCUT2D eigenvalue weighted by atomic mass is 35.5. The molecule has 8 nitrogen and oxygen atoms in total. The lowest BCUT2D eigenvalue weighted by Crippen LogP contribution is -2.29. The van der Waals surface area contributed by atoms with Crippen LogP contribution < -0.4 is 4.90 Å². The molecule has 4 atom stereocenters. The molecule has 32 heavy (non-hydrogen) atoms. The predicted molar refractivity (Wildman–Crippen MR) is 124 cm³/mol. The van der Waals surface area contributed by atoms with E-state index >= 15 is 0 Å². The number of halogens is 2. The zero-order chi connectivity index (χ0) is 22.8. The average molecular weight is 506 g/mol. The smallest absolute Gasteiger partial charge is 0.224 e. The first-order chi connectivity index (χ1) is 15.3. The number of nitrogens with zero attached hydrogens (tertiary/aromatic N) is 3. The SMILES string of the molecule is CN(c1nc(Cl)nc2cc(C3OC(COP(O)CP(O)O)CC3F)ccc12)C1CCCC1. The standard InChI is InChI=1S/C20H27ClFN3O5P2/c1-25(13-4-2-3-5-13)19-15-7-6-12(8-17(15)23-20(21)24-19)18-16(22)9-14(30-18)10-29-32(28)11-31(26)27/h6-8,13-14,16,18,26-28H,2-5,9-11H2,1H3. The number of hydrogen-bond donors (Lipinski definition) is 3. The Hall–Kier alpha value is -0.760. The minimum atomic E-state index is -2.24. The van der Waals surface area contributed by atoms with Gasteiger partial charge in [0.05, 0.1) is 24.1 Å². The molecule has 1 saturated carbocycles. The zero-order valence-electron chi connectivity index (χ0n) is 17.6. The van der Waals surface area contributed by atoms with Gasteiger partial charge in [-0.3, -0.25) is 0 Å². The number of anilines is 1. The number of fused-ring (bicyclic) bond motifs is 1. The van der Waals surface area contributed by atoms with Crippen molar-refractivity contribution in [1.82, 2.24) is 9.97 Å². The molecule has 1 aliphatic carbocycles. The highest BCUT2D eigenvalue weighted by Gasteiger charge is 2.37. The minimum absolute atomic E-state index is 0.0137. The fraction of sp³-hybridized carbons (Fsp3) is 0.600. The maximum absolute atomic E-state index is 14.8. The zero-order valence-corrected chi connectivity index (χ0v) is 20.2. The number of hydrogen-bond acceptors (Lipinski definition) is 8. The normalized spacial score (nSPS) is 25.2. The van der Waals surface area contributed by atoms with E-state index in [0.717, 1.165) is 24.0 Å². The number of aromatic nitrogens is 2. The van der Waals surface area contributed by atoms with Crippen LogP contribution in [0.4, 0.5) is 10.2 Å². The van der Waals surface area contributed by atoms with Crippen molar-refractivity contribution >= 4 is 45.1 Å². The molecule has 1 aromatic heterocycles. The van der Waals surface area contributed by atoms with Crippen LogP contribution in [-0.2, 0) is 9.26 Å². The Morgan fingerprint density at radius 1 is 1.25 bits per heavy atom. The van der Waals surface area contributed by atoms with Gasteiger partial charge in [0, 0.05) is 24.9 Å². The maximum Gasteiger partial charge on any atom is 0.224 e. The van der Waals surface area contributed by atoms with Crippen molar-refractivity contribution in [3.63, 3.8) is 0 Å². The molecule has 2 fully saturated rings. The first kappa shape index (κ1) is 24.4. The first-order valence-corrected chi connectivity index (χ1v) is 13.8. The van der Waals surface area contributed by atoms with Crippen LogP contribution in [0.5, 0.6) is 0 Å². The van der Waals surface area contributed by atoms with Gasteiger partial charge in [-0.05, 0) is 42.1 Å². The second kappa shape index (κ2) is 10.7. The summed E-state index contributed by atoms with van der Waals surface area (Å²) in [6.45, 7) is -0.0137. The van der Waals surface area contributed by atoms with Crippen molar-refractivity contribution in [2.45, 2.75) is 56.5 Å². The topological polar surface area (TPSA) is 108 Å². The van der Waals surface area contributed by atoms with Gasteiger partial charge in [0.15, 0.2) is 16.8 Å².